The number of carbonyl (C=O) groups excluding carboxylic acids is 3. The Labute approximate surface area is 177 Å². The number of carbonyl (C=O) groups is 3. The van der Waals surface area contributed by atoms with Gasteiger partial charge < -0.3 is 20.7 Å². The van der Waals surface area contributed by atoms with Crippen LogP contribution < -0.4 is 16.0 Å². The monoisotopic (exact) mass is 433 g/mol. The second kappa shape index (κ2) is 8.55. The van der Waals surface area contributed by atoms with E-state index < -0.39 is 23.9 Å². The number of ether oxygens (including phenoxy) is 1. The van der Waals surface area contributed by atoms with E-state index in [1.54, 1.807) is 37.3 Å². The summed E-state index contributed by atoms with van der Waals surface area (Å²) < 4.78 is 4.76. The number of allylic oxidation sites excluding steroid dienone is 1. The number of para-hydroxylation sites is 1. The Bertz CT molecular complexity index is 1040. The number of urea groups is 1. The van der Waals surface area contributed by atoms with Crippen molar-refractivity contribution in [3.05, 3.63) is 74.9 Å². The summed E-state index contributed by atoms with van der Waals surface area (Å²) in [7, 11) is 1.26. The third-order valence-electron chi connectivity index (χ3n) is 4.37. The van der Waals surface area contributed by atoms with Gasteiger partial charge in [0.05, 0.1) is 30.0 Å². The standard InChI is InChI=1S/C20H17Cl2N3O4/c1-10-16(18(26)24-15-6-4-3-5-13(15)19(27)29-2)17(25-20(28)23-10)12-8-7-11(21)9-14(12)22/h3-9,17H,1-2H3,(H,24,26)(H2,23,25,28)/t17-/m1/s1. The summed E-state index contributed by atoms with van der Waals surface area (Å²) in [5.41, 5.74) is 1.60. The molecule has 3 amide bonds. The molecule has 1 atom stereocenters. The highest BCUT2D eigenvalue weighted by atomic mass is 35.5. The fourth-order valence-electron chi connectivity index (χ4n) is 3.03. The van der Waals surface area contributed by atoms with Crippen LogP contribution in [-0.2, 0) is 9.53 Å². The first-order valence-corrected chi connectivity index (χ1v) is 9.29. The van der Waals surface area contributed by atoms with Crippen LogP contribution in [0.1, 0.15) is 28.9 Å². The Kier molecular flexibility index (Phi) is 6.10. The molecule has 3 N–H and O–H groups in total. The second-order valence-electron chi connectivity index (χ2n) is 6.23. The van der Waals surface area contributed by atoms with Crippen molar-refractivity contribution < 1.29 is 19.1 Å². The number of halogens is 2. The highest BCUT2D eigenvalue weighted by molar-refractivity contribution is 6.35. The normalized spacial score (nSPS) is 16.0. The zero-order chi connectivity index (χ0) is 21.1. The van der Waals surface area contributed by atoms with Gasteiger partial charge in [0.25, 0.3) is 5.91 Å². The van der Waals surface area contributed by atoms with Crippen LogP contribution in [0.5, 0.6) is 0 Å². The van der Waals surface area contributed by atoms with Gasteiger partial charge in [-0.05, 0) is 36.8 Å². The summed E-state index contributed by atoms with van der Waals surface area (Å²) >= 11 is 12.3. The lowest BCUT2D eigenvalue weighted by atomic mass is 9.94. The number of methoxy groups -OCH3 is 1. The van der Waals surface area contributed by atoms with Gasteiger partial charge in [0.1, 0.15) is 0 Å². The van der Waals surface area contributed by atoms with Crippen LogP contribution in [0.2, 0.25) is 10.0 Å². The average molecular weight is 434 g/mol. The SMILES string of the molecule is COC(=O)c1ccccc1NC(=O)C1=C(C)NC(=O)N[C@@H]1c1ccc(Cl)cc1Cl. The lowest BCUT2D eigenvalue weighted by Gasteiger charge is -2.29. The van der Waals surface area contributed by atoms with Crippen LogP contribution in [0, 0.1) is 0 Å². The Morgan fingerprint density at radius 3 is 2.55 bits per heavy atom. The zero-order valence-electron chi connectivity index (χ0n) is 15.5. The van der Waals surface area contributed by atoms with Crippen molar-refractivity contribution >= 4 is 46.8 Å². The van der Waals surface area contributed by atoms with Gasteiger partial charge in [-0.25, -0.2) is 9.59 Å². The zero-order valence-corrected chi connectivity index (χ0v) is 17.0. The van der Waals surface area contributed by atoms with E-state index in [9.17, 15) is 14.4 Å². The van der Waals surface area contributed by atoms with Gasteiger partial charge in [0.15, 0.2) is 0 Å². The van der Waals surface area contributed by atoms with E-state index in [4.69, 9.17) is 27.9 Å². The van der Waals surface area contributed by atoms with Gasteiger partial charge in [-0.3, -0.25) is 4.79 Å². The first-order chi connectivity index (χ1) is 13.8. The van der Waals surface area contributed by atoms with E-state index in [0.29, 0.717) is 21.3 Å². The van der Waals surface area contributed by atoms with Gasteiger partial charge in [-0.15, -0.1) is 0 Å². The quantitative estimate of drug-likeness (QED) is 0.633. The van der Waals surface area contributed by atoms with E-state index in [1.165, 1.54) is 19.2 Å². The van der Waals surface area contributed by atoms with Crippen molar-refractivity contribution in [2.24, 2.45) is 0 Å². The van der Waals surface area contributed by atoms with Crippen molar-refractivity contribution in [1.82, 2.24) is 10.6 Å². The van der Waals surface area contributed by atoms with Crippen molar-refractivity contribution in [2.75, 3.05) is 12.4 Å². The number of rotatable bonds is 4. The average Bonchev–Trinajstić information content (AvgIpc) is 2.67. The molecule has 0 saturated heterocycles. The summed E-state index contributed by atoms with van der Waals surface area (Å²) in [6.07, 6.45) is 0. The first-order valence-electron chi connectivity index (χ1n) is 8.53. The summed E-state index contributed by atoms with van der Waals surface area (Å²) in [6, 6.07) is 9.98. The predicted molar refractivity (Wildman–Crippen MR) is 110 cm³/mol. The van der Waals surface area contributed by atoms with E-state index in [2.05, 4.69) is 16.0 Å². The fourth-order valence-corrected chi connectivity index (χ4v) is 3.55. The molecule has 9 heteroatoms. The van der Waals surface area contributed by atoms with Crippen LogP contribution in [0.4, 0.5) is 10.5 Å². The number of esters is 1. The lowest BCUT2D eigenvalue weighted by Crippen LogP contribution is -2.46. The molecule has 29 heavy (non-hydrogen) atoms. The maximum atomic E-state index is 13.1. The Morgan fingerprint density at radius 2 is 1.86 bits per heavy atom. The van der Waals surface area contributed by atoms with Crippen LogP contribution in [-0.4, -0.2) is 25.0 Å². The highest BCUT2D eigenvalue weighted by Gasteiger charge is 2.33. The molecule has 2 aromatic rings. The smallest absolute Gasteiger partial charge is 0.339 e. The molecular formula is C20H17Cl2N3O4. The minimum atomic E-state index is -0.807. The first kappa shape index (κ1) is 20.7. The lowest BCUT2D eigenvalue weighted by molar-refractivity contribution is -0.113. The molecule has 0 aliphatic carbocycles. The van der Waals surface area contributed by atoms with Gasteiger partial charge in [-0.1, -0.05) is 41.4 Å². The molecule has 0 fully saturated rings. The summed E-state index contributed by atoms with van der Waals surface area (Å²) in [5, 5.41) is 8.73. The van der Waals surface area contributed by atoms with Gasteiger partial charge in [0, 0.05) is 15.7 Å². The van der Waals surface area contributed by atoms with E-state index in [0.717, 1.165) is 0 Å². The molecule has 2 aromatic carbocycles. The molecule has 0 aromatic heterocycles. The van der Waals surface area contributed by atoms with Crippen LogP contribution in [0.3, 0.4) is 0 Å². The predicted octanol–water partition coefficient (Wildman–Crippen LogP) is 4.05. The minimum Gasteiger partial charge on any atom is -0.465 e. The van der Waals surface area contributed by atoms with Crippen molar-refractivity contribution in [1.29, 1.82) is 0 Å². The largest absolute Gasteiger partial charge is 0.465 e. The molecule has 0 unspecified atom stereocenters. The number of hydrogen-bond donors (Lipinski definition) is 3. The van der Waals surface area contributed by atoms with Crippen LogP contribution in [0.25, 0.3) is 0 Å². The molecule has 1 aliphatic rings. The van der Waals surface area contributed by atoms with E-state index in [-0.39, 0.29) is 16.8 Å². The van der Waals surface area contributed by atoms with Crippen LogP contribution >= 0.6 is 23.2 Å². The molecule has 7 nitrogen and oxygen atoms in total. The van der Waals surface area contributed by atoms with Crippen LogP contribution in [0.15, 0.2) is 53.7 Å². The molecular weight excluding hydrogens is 417 g/mol. The van der Waals surface area contributed by atoms with Gasteiger partial charge in [-0.2, -0.15) is 0 Å². The summed E-state index contributed by atoms with van der Waals surface area (Å²) in [4.78, 5) is 37.1. The number of nitrogens with one attached hydrogen (secondary N) is 3. The maximum absolute atomic E-state index is 13.1. The van der Waals surface area contributed by atoms with Gasteiger partial charge >= 0.3 is 12.0 Å². The molecule has 150 valence electrons. The molecule has 0 saturated carbocycles. The third-order valence-corrected chi connectivity index (χ3v) is 4.93. The minimum absolute atomic E-state index is 0.204. The third kappa shape index (κ3) is 4.36. The Hall–Kier alpha value is -3.03. The number of anilines is 1. The summed E-state index contributed by atoms with van der Waals surface area (Å²) in [6.45, 7) is 1.61. The number of hydrogen-bond acceptors (Lipinski definition) is 4. The molecule has 3 rings (SSSR count). The molecule has 1 heterocycles. The molecule has 0 radical (unpaired) electrons. The number of benzene rings is 2. The van der Waals surface area contributed by atoms with Crippen molar-refractivity contribution in [2.45, 2.75) is 13.0 Å². The Morgan fingerprint density at radius 1 is 1.14 bits per heavy atom. The summed E-state index contributed by atoms with van der Waals surface area (Å²) in [5.74, 6) is -1.10. The van der Waals surface area contributed by atoms with Crippen molar-refractivity contribution in [3.8, 4) is 0 Å². The van der Waals surface area contributed by atoms with Gasteiger partial charge in [0.2, 0.25) is 0 Å². The maximum Gasteiger partial charge on any atom is 0.339 e. The second-order valence-corrected chi connectivity index (χ2v) is 7.07. The highest BCUT2D eigenvalue weighted by Crippen LogP contribution is 2.33. The number of amides is 3. The molecule has 0 spiro atoms. The topological polar surface area (TPSA) is 96.5 Å². The van der Waals surface area contributed by atoms with Crippen molar-refractivity contribution in [3.63, 3.8) is 0 Å². The molecule has 0 bridgehead atoms. The molecule has 1 aliphatic heterocycles. The fraction of sp³-hybridized carbons (Fsp3) is 0.150. The van der Waals surface area contributed by atoms with E-state index >= 15 is 0 Å². The Balaban J connectivity index is 2.00. The van der Waals surface area contributed by atoms with E-state index in [1.807, 2.05) is 0 Å².